The molecule has 1 atom stereocenters. The molecule has 48 heavy (non-hydrogen) atoms. The average Bonchev–Trinajstić information content (AvgIpc) is 3.06. The molecule has 0 bridgehead atoms. The second-order valence-corrected chi connectivity index (χ2v) is 15.0. The lowest BCUT2D eigenvalue weighted by Gasteiger charge is -2.31. The Balaban J connectivity index is 1.58. The highest BCUT2D eigenvalue weighted by Crippen LogP contribution is 2.45. The summed E-state index contributed by atoms with van der Waals surface area (Å²) in [5.41, 5.74) is 10.3. The van der Waals surface area contributed by atoms with E-state index in [1.54, 1.807) is 0 Å². The summed E-state index contributed by atoms with van der Waals surface area (Å²) < 4.78 is 24.3. The van der Waals surface area contributed by atoms with Crippen LogP contribution < -0.4 is 10.1 Å². The van der Waals surface area contributed by atoms with Crippen molar-refractivity contribution < 1.29 is 23.7 Å². The van der Waals surface area contributed by atoms with Crippen molar-refractivity contribution in [3.63, 3.8) is 0 Å². The number of benzene rings is 2. The molecule has 1 aromatic heterocycles. The van der Waals surface area contributed by atoms with Gasteiger partial charge in [0.15, 0.2) is 6.10 Å². The van der Waals surface area contributed by atoms with E-state index >= 15 is 0 Å². The van der Waals surface area contributed by atoms with Gasteiger partial charge in [0.25, 0.3) is 0 Å². The first-order valence-electron chi connectivity index (χ1n) is 18.2. The third-order valence-corrected chi connectivity index (χ3v) is 9.75. The van der Waals surface area contributed by atoms with Crippen LogP contribution in [-0.2, 0) is 44.8 Å². The molecule has 1 unspecified atom stereocenters. The van der Waals surface area contributed by atoms with Crippen LogP contribution in [0.15, 0.2) is 36.4 Å². The zero-order valence-corrected chi connectivity index (χ0v) is 29.9. The summed E-state index contributed by atoms with van der Waals surface area (Å²) in [6.07, 6.45) is 7.02. The molecule has 0 amide bonds. The zero-order valence-electron chi connectivity index (χ0n) is 29.9. The fraction of sp³-hybridized carbons (Fsp3) is 0.561. The van der Waals surface area contributed by atoms with Gasteiger partial charge in [0.05, 0.1) is 18.3 Å². The van der Waals surface area contributed by atoms with Crippen LogP contribution in [0.25, 0.3) is 22.3 Å². The number of carbonyl (C=O) groups excluding carboxylic acids is 1. The van der Waals surface area contributed by atoms with Crippen molar-refractivity contribution >= 4 is 5.97 Å². The van der Waals surface area contributed by atoms with Crippen LogP contribution in [0, 0.1) is 12.8 Å². The number of hydrogen-bond acceptors (Lipinski definition) is 7. The van der Waals surface area contributed by atoms with Crippen LogP contribution in [0.5, 0.6) is 5.75 Å². The third-order valence-electron chi connectivity index (χ3n) is 9.75. The monoisotopic (exact) mass is 654 g/mol. The van der Waals surface area contributed by atoms with Crippen LogP contribution in [0.3, 0.4) is 0 Å². The first kappa shape index (κ1) is 34.6. The van der Waals surface area contributed by atoms with E-state index in [4.69, 9.17) is 23.9 Å². The number of carbonyl (C=O) groups is 1. The Morgan fingerprint density at radius 2 is 1.73 bits per heavy atom. The number of ether oxygens (including phenoxy) is 4. The van der Waals surface area contributed by atoms with Gasteiger partial charge in [0, 0.05) is 42.3 Å². The number of aromatic nitrogens is 1. The van der Waals surface area contributed by atoms with Gasteiger partial charge < -0.3 is 24.3 Å². The van der Waals surface area contributed by atoms with Crippen LogP contribution in [0.4, 0.5) is 0 Å². The van der Waals surface area contributed by atoms with Crippen LogP contribution in [0.2, 0.25) is 0 Å². The predicted molar refractivity (Wildman–Crippen MR) is 190 cm³/mol. The summed E-state index contributed by atoms with van der Waals surface area (Å²) in [5, 5.41) is 3.52. The van der Waals surface area contributed by atoms with Gasteiger partial charge in [-0.1, -0.05) is 24.3 Å². The van der Waals surface area contributed by atoms with E-state index in [0.29, 0.717) is 5.92 Å². The molecule has 1 saturated heterocycles. The molecule has 1 N–H and O–H groups in total. The van der Waals surface area contributed by atoms with Gasteiger partial charge in [-0.05, 0) is 151 Å². The van der Waals surface area contributed by atoms with Crippen LogP contribution in [-0.4, -0.2) is 49.0 Å². The van der Waals surface area contributed by atoms with Gasteiger partial charge in [-0.25, -0.2) is 4.79 Å². The smallest absolute Gasteiger partial charge is 0.340 e. The second-order valence-electron chi connectivity index (χ2n) is 15.0. The minimum Gasteiger partial charge on any atom is -0.493 e. The lowest BCUT2D eigenvalue weighted by molar-refractivity contribution is -0.171. The van der Waals surface area contributed by atoms with Gasteiger partial charge >= 0.3 is 5.97 Å². The minimum atomic E-state index is -0.945. The van der Waals surface area contributed by atoms with E-state index < -0.39 is 11.7 Å². The van der Waals surface area contributed by atoms with Crippen LogP contribution in [0.1, 0.15) is 106 Å². The lowest BCUT2D eigenvalue weighted by atomic mass is 9.83. The molecule has 2 aromatic carbocycles. The summed E-state index contributed by atoms with van der Waals surface area (Å²) in [5.74, 6) is 1.25. The molecule has 7 heteroatoms. The number of esters is 1. The fourth-order valence-corrected chi connectivity index (χ4v) is 7.51. The van der Waals surface area contributed by atoms with E-state index in [1.165, 1.54) is 16.7 Å². The van der Waals surface area contributed by atoms with Crippen molar-refractivity contribution in [1.29, 1.82) is 0 Å². The van der Waals surface area contributed by atoms with Gasteiger partial charge in [0.1, 0.15) is 5.75 Å². The molecule has 4 heterocycles. The SMILES string of the molecule is Cc1nc(CCCC2CCOCC2)c(-c2ccc3c(c2)CCNC3)c(-c2ccc3c(c2)CCCO3)c1C(OC(C)(C)C)C(=O)OC(C)C. The number of nitrogens with zero attached hydrogens (tertiary/aromatic N) is 1. The number of hydrogen-bond donors (Lipinski definition) is 1. The van der Waals surface area contributed by atoms with Crippen LogP contribution >= 0.6 is 0 Å². The Labute approximate surface area is 287 Å². The number of rotatable bonds is 10. The van der Waals surface area contributed by atoms with E-state index in [2.05, 4.69) is 41.7 Å². The minimum absolute atomic E-state index is 0.278. The van der Waals surface area contributed by atoms with Crippen molar-refractivity contribution in [3.05, 3.63) is 70.0 Å². The first-order valence-corrected chi connectivity index (χ1v) is 18.2. The normalized spacial score (nSPS) is 17.4. The Kier molecular flexibility index (Phi) is 10.9. The second kappa shape index (κ2) is 15.1. The van der Waals surface area contributed by atoms with Crippen molar-refractivity contribution in [1.82, 2.24) is 10.3 Å². The molecule has 6 rings (SSSR count). The standard InChI is InChI=1S/C41H54N2O5/c1-26(2)47-40(44)39(48-41(4,5)6)36-27(3)43-34(11-7-9-28-17-21-45-22-18-28)37(31-12-13-33-25-42-19-16-29(33)23-31)38(36)32-14-15-35-30(24-32)10-8-20-46-35/h12-15,23-24,26,28,39,42H,7-11,16-22,25H2,1-6H3. The third kappa shape index (κ3) is 8.12. The number of fused-ring (bicyclic) bond motifs is 2. The van der Waals surface area contributed by atoms with Gasteiger partial charge in [0.2, 0.25) is 0 Å². The predicted octanol–water partition coefficient (Wildman–Crippen LogP) is 8.25. The highest BCUT2D eigenvalue weighted by molar-refractivity contribution is 5.92. The van der Waals surface area contributed by atoms with Crippen molar-refractivity contribution in [2.75, 3.05) is 26.4 Å². The number of pyridine rings is 1. The average molecular weight is 655 g/mol. The number of nitrogens with one attached hydrogen (secondary N) is 1. The molecule has 0 radical (unpaired) electrons. The lowest BCUT2D eigenvalue weighted by Crippen LogP contribution is -2.31. The van der Waals surface area contributed by atoms with Crippen molar-refractivity contribution in [3.8, 4) is 28.0 Å². The Morgan fingerprint density at radius 1 is 0.979 bits per heavy atom. The quantitative estimate of drug-likeness (QED) is 0.221. The Bertz CT molecular complexity index is 1600. The maximum absolute atomic E-state index is 14.1. The molecule has 7 nitrogen and oxygen atoms in total. The Hall–Kier alpha value is -3.26. The highest BCUT2D eigenvalue weighted by Gasteiger charge is 2.36. The molecular formula is C41H54N2O5. The molecule has 3 aliphatic heterocycles. The first-order chi connectivity index (χ1) is 23.1. The molecule has 3 aromatic rings. The largest absolute Gasteiger partial charge is 0.493 e. The Morgan fingerprint density at radius 3 is 2.50 bits per heavy atom. The van der Waals surface area contributed by atoms with E-state index in [-0.39, 0.29) is 12.1 Å². The highest BCUT2D eigenvalue weighted by atomic mass is 16.6. The maximum Gasteiger partial charge on any atom is 0.340 e. The number of aryl methyl sites for hydroxylation is 3. The van der Waals surface area contributed by atoms with E-state index in [9.17, 15) is 4.79 Å². The van der Waals surface area contributed by atoms with Crippen molar-refractivity contribution in [2.24, 2.45) is 5.92 Å². The van der Waals surface area contributed by atoms with Crippen molar-refractivity contribution in [2.45, 2.75) is 117 Å². The van der Waals surface area contributed by atoms with Gasteiger partial charge in [-0.15, -0.1) is 0 Å². The molecular weight excluding hydrogens is 600 g/mol. The summed E-state index contributed by atoms with van der Waals surface area (Å²) >= 11 is 0. The summed E-state index contributed by atoms with van der Waals surface area (Å²) in [4.78, 5) is 19.4. The maximum atomic E-state index is 14.1. The molecule has 0 aliphatic carbocycles. The molecule has 3 aliphatic rings. The fourth-order valence-electron chi connectivity index (χ4n) is 7.51. The molecule has 1 fully saturated rings. The topological polar surface area (TPSA) is 78.9 Å². The summed E-state index contributed by atoms with van der Waals surface area (Å²) in [6, 6.07) is 13.4. The molecule has 258 valence electrons. The molecule has 0 spiro atoms. The van der Waals surface area contributed by atoms with E-state index in [1.807, 2.05) is 41.5 Å². The molecule has 0 saturated carbocycles. The zero-order chi connectivity index (χ0) is 33.8. The van der Waals surface area contributed by atoms with E-state index in [0.717, 1.165) is 129 Å². The van der Waals surface area contributed by atoms with Gasteiger partial charge in [-0.3, -0.25) is 4.98 Å². The van der Waals surface area contributed by atoms with Gasteiger partial charge in [-0.2, -0.15) is 0 Å². The summed E-state index contributed by atoms with van der Waals surface area (Å²) in [6.45, 7) is 16.1. The summed E-state index contributed by atoms with van der Waals surface area (Å²) in [7, 11) is 0.